The molecule has 3 aromatic rings. The second-order valence-electron chi connectivity index (χ2n) is 5.96. The quantitative estimate of drug-likeness (QED) is 0.511. The van der Waals surface area contributed by atoms with Gasteiger partial charge in [0.25, 0.3) is 5.91 Å². The highest BCUT2D eigenvalue weighted by Gasteiger charge is 2.09. The first-order valence-electron chi connectivity index (χ1n) is 8.46. The van der Waals surface area contributed by atoms with E-state index in [1.54, 1.807) is 42.5 Å². The molecule has 142 valence electrons. The third-order valence-corrected chi connectivity index (χ3v) is 4.60. The van der Waals surface area contributed by atoms with Gasteiger partial charge in [-0.1, -0.05) is 59.6 Å². The van der Waals surface area contributed by atoms with Gasteiger partial charge in [0.2, 0.25) is 0 Å². The SMILES string of the molecule is O=C(Nc1cccc(C(=O)NCc2ccccc2)c1)Nc1ccc(Cl)c(Cl)c1. The minimum absolute atomic E-state index is 0.225. The summed E-state index contributed by atoms with van der Waals surface area (Å²) in [6.07, 6.45) is 0. The second kappa shape index (κ2) is 9.26. The van der Waals surface area contributed by atoms with Gasteiger partial charge < -0.3 is 16.0 Å². The molecule has 28 heavy (non-hydrogen) atoms. The minimum Gasteiger partial charge on any atom is -0.348 e. The molecular weight excluding hydrogens is 397 g/mol. The van der Waals surface area contributed by atoms with Gasteiger partial charge in [0.1, 0.15) is 0 Å². The lowest BCUT2D eigenvalue weighted by molar-refractivity contribution is 0.0951. The van der Waals surface area contributed by atoms with E-state index in [4.69, 9.17) is 23.2 Å². The molecule has 5 nitrogen and oxygen atoms in total. The maximum absolute atomic E-state index is 12.3. The molecule has 3 amide bonds. The van der Waals surface area contributed by atoms with Gasteiger partial charge in [-0.15, -0.1) is 0 Å². The predicted molar refractivity (Wildman–Crippen MR) is 113 cm³/mol. The van der Waals surface area contributed by atoms with Crippen LogP contribution < -0.4 is 16.0 Å². The summed E-state index contributed by atoms with van der Waals surface area (Å²) >= 11 is 11.8. The van der Waals surface area contributed by atoms with Crippen LogP contribution in [0.15, 0.2) is 72.8 Å². The highest BCUT2D eigenvalue weighted by molar-refractivity contribution is 6.42. The van der Waals surface area contributed by atoms with Crippen LogP contribution in [-0.2, 0) is 6.54 Å². The van der Waals surface area contributed by atoms with Crippen LogP contribution >= 0.6 is 23.2 Å². The van der Waals surface area contributed by atoms with Crippen molar-refractivity contribution in [2.45, 2.75) is 6.54 Å². The Labute approximate surface area is 172 Å². The van der Waals surface area contributed by atoms with E-state index in [2.05, 4.69) is 16.0 Å². The van der Waals surface area contributed by atoms with Crippen molar-refractivity contribution < 1.29 is 9.59 Å². The summed E-state index contributed by atoms with van der Waals surface area (Å²) in [7, 11) is 0. The number of halogens is 2. The summed E-state index contributed by atoms with van der Waals surface area (Å²) in [6.45, 7) is 0.426. The second-order valence-corrected chi connectivity index (χ2v) is 6.77. The van der Waals surface area contributed by atoms with Crippen LogP contribution in [0.5, 0.6) is 0 Å². The van der Waals surface area contributed by atoms with E-state index in [-0.39, 0.29) is 5.91 Å². The van der Waals surface area contributed by atoms with Gasteiger partial charge in [-0.25, -0.2) is 4.79 Å². The zero-order valence-corrected chi connectivity index (χ0v) is 16.2. The Bertz CT molecular complexity index is 994. The van der Waals surface area contributed by atoms with Gasteiger partial charge in [0.05, 0.1) is 10.0 Å². The summed E-state index contributed by atoms with van der Waals surface area (Å²) in [5, 5.41) is 8.95. The fourth-order valence-electron chi connectivity index (χ4n) is 2.49. The van der Waals surface area contributed by atoms with Crippen molar-refractivity contribution in [3.8, 4) is 0 Å². The molecule has 0 spiro atoms. The maximum Gasteiger partial charge on any atom is 0.323 e. The van der Waals surface area contributed by atoms with Gasteiger partial charge in [0.15, 0.2) is 0 Å². The number of urea groups is 1. The number of carbonyl (C=O) groups excluding carboxylic acids is 2. The summed E-state index contributed by atoms with van der Waals surface area (Å²) < 4.78 is 0. The van der Waals surface area contributed by atoms with E-state index >= 15 is 0 Å². The van der Waals surface area contributed by atoms with Gasteiger partial charge >= 0.3 is 6.03 Å². The smallest absolute Gasteiger partial charge is 0.323 e. The lowest BCUT2D eigenvalue weighted by Crippen LogP contribution is -2.23. The summed E-state index contributed by atoms with van der Waals surface area (Å²) in [4.78, 5) is 24.5. The van der Waals surface area contributed by atoms with Gasteiger partial charge in [-0.3, -0.25) is 4.79 Å². The van der Waals surface area contributed by atoms with Crippen molar-refractivity contribution in [2.24, 2.45) is 0 Å². The zero-order chi connectivity index (χ0) is 19.9. The van der Waals surface area contributed by atoms with Crippen molar-refractivity contribution in [3.05, 3.63) is 94.0 Å². The van der Waals surface area contributed by atoms with E-state index < -0.39 is 6.03 Å². The maximum atomic E-state index is 12.3. The lowest BCUT2D eigenvalue weighted by atomic mass is 10.1. The zero-order valence-electron chi connectivity index (χ0n) is 14.7. The molecule has 0 aliphatic rings. The number of nitrogens with one attached hydrogen (secondary N) is 3. The Hall–Kier alpha value is -3.02. The fraction of sp³-hybridized carbons (Fsp3) is 0.0476. The van der Waals surface area contributed by atoms with Gasteiger partial charge in [-0.2, -0.15) is 0 Å². The molecule has 0 aromatic heterocycles. The molecule has 0 bridgehead atoms. The molecular formula is C21H17Cl2N3O2. The van der Waals surface area contributed by atoms with Crippen molar-refractivity contribution in [1.82, 2.24) is 5.32 Å². The average Bonchev–Trinajstić information content (AvgIpc) is 2.70. The molecule has 3 rings (SSSR count). The number of rotatable bonds is 5. The number of benzene rings is 3. The molecule has 0 atom stereocenters. The van der Waals surface area contributed by atoms with Crippen LogP contribution in [-0.4, -0.2) is 11.9 Å². The molecule has 0 saturated carbocycles. The Balaban J connectivity index is 1.59. The summed E-state index contributed by atoms with van der Waals surface area (Å²) in [5.74, 6) is -0.225. The summed E-state index contributed by atoms with van der Waals surface area (Å²) in [5.41, 5.74) is 2.45. The Kier molecular flexibility index (Phi) is 6.53. The standard InChI is InChI=1S/C21H17Cl2N3O2/c22-18-10-9-17(12-19(18)23)26-21(28)25-16-8-4-7-15(11-16)20(27)24-13-14-5-2-1-3-6-14/h1-12H,13H2,(H,24,27)(H2,25,26,28). The fourth-order valence-corrected chi connectivity index (χ4v) is 2.78. The number of hydrogen-bond donors (Lipinski definition) is 3. The molecule has 7 heteroatoms. The monoisotopic (exact) mass is 413 g/mol. The van der Waals surface area contributed by atoms with Gasteiger partial charge in [0, 0.05) is 23.5 Å². The van der Waals surface area contributed by atoms with E-state index in [0.717, 1.165) is 5.56 Å². The molecule has 0 aliphatic carbocycles. The molecule has 0 heterocycles. The van der Waals surface area contributed by atoms with Crippen molar-refractivity contribution >= 4 is 46.5 Å². The molecule has 3 N–H and O–H groups in total. The number of anilines is 2. The van der Waals surface area contributed by atoms with E-state index in [1.165, 1.54) is 0 Å². The Morgan fingerprint density at radius 2 is 1.46 bits per heavy atom. The van der Waals surface area contributed by atoms with Crippen LogP contribution in [0.2, 0.25) is 10.0 Å². The Morgan fingerprint density at radius 3 is 2.18 bits per heavy atom. The predicted octanol–water partition coefficient (Wildman–Crippen LogP) is 5.57. The molecule has 0 radical (unpaired) electrons. The van der Waals surface area contributed by atoms with Crippen LogP contribution in [0, 0.1) is 0 Å². The third kappa shape index (κ3) is 5.49. The first kappa shape index (κ1) is 19.7. The van der Waals surface area contributed by atoms with E-state index in [1.807, 2.05) is 30.3 Å². The lowest BCUT2D eigenvalue weighted by Gasteiger charge is -2.10. The molecule has 0 fully saturated rings. The largest absolute Gasteiger partial charge is 0.348 e. The normalized spacial score (nSPS) is 10.2. The van der Waals surface area contributed by atoms with E-state index in [0.29, 0.717) is 33.5 Å². The number of carbonyl (C=O) groups is 2. The first-order chi connectivity index (χ1) is 13.5. The topological polar surface area (TPSA) is 70.2 Å². The van der Waals surface area contributed by atoms with Crippen LogP contribution in [0.3, 0.4) is 0 Å². The number of hydrogen-bond acceptors (Lipinski definition) is 2. The van der Waals surface area contributed by atoms with Crippen LogP contribution in [0.25, 0.3) is 0 Å². The molecule has 3 aromatic carbocycles. The number of amides is 3. The molecule has 0 saturated heterocycles. The van der Waals surface area contributed by atoms with Crippen LogP contribution in [0.4, 0.5) is 16.2 Å². The van der Waals surface area contributed by atoms with Gasteiger partial charge in [-0.05, 0) is 42.0 Å². The van der Waals surface area contributed by atoms with E-state index in [9.17, 15) is 9.59 Å². The van der Waals surface area contributed by atoms with Crippen molar-refractivity contribution in [1.29, 1.82) is 0 Å². The van der Waals surface area contributed by atoms with Crippen LogP contribution in [0.1, 0.15) is 15.9 Å². The first-order valence-corrected chi connectivity index (χ1v) is 9.22. The average molecular weight is 414 g/mol. The van der Waals surface area contributed by atoms with Crippen molar-refractivity contribution in [2.75, 3.05) is 10.6 Å². The molecule has 0 unspecified atom stereocenters. The third-order valence-electron chi connectivity index (χ3n) is 3.86. The highest BCUT2D eigenvalue weighted by atomic mass is 35.5. The minimum atomic E-state index is -0.458. The Morgan fingerprint density at radius 1 is 0.750 bits per heavy atom. The highest BCUT2D eigenvalue weighted by Crippen LogP contribution is 2.25. The van der Waals surface area contributed by atoms with Crippen molar-refractivity contribution in [3.63, 3.8) is 0 Å². The molecule has 0 aliphatic heterocycles. The summed E-state index contributed by atoms with van der Waals surface area (Å²) in [6, 6.07) is 20.6.